The van der Waals surface area contributed by atoms with E-state index in [-0.39, 0.29) is 41.4 Å². The van der Waals surface area contributed by atoms with Gasteiger partial charge in [-0.2, -0.15) is 0 Å². The number of carbonyl (C=O) groups is 1. The molecule has 2 saturated heterocycles. The van der Waals surface area contributed by atoms with Crippen molar-refractivity contribution < 1.29 is 33.2 Å². The number of hydrogen-bond acceptors (Lipinski definition) is 7. The molecule has 4 rings (SSSR count). The van der Waals surface area contributed by atoms with E-state index in [1.165, 1.54) is 11.6 Å². The highest BCUT2D eigenvalue weighted by molar-refractivity contribution is 5.87. The number of ether oxygens (including phenoxy) is 6. The van der Waals surface area contributed by atoms with Crippen LogP contribution < -0.4 is 4.74 Å². The lowest BCUT2D eigenvalue weighted by atomic mass is 9.68. The Bertz CT molecular complexity index is 929. The van der Waals surface area contributed by atoms with E-state index in [2.05, 4.69) is 26.8 Å². The smallest absolute Gasteiger partial charge is 0.331 e. The highest BCUT2D eigenvalue weighted by Gasteiger charge is 2.72. The van der Waals surface area contributed by atoms with Crippen LogP contribution in [0.4, 0.5) is 0 Å². The summed E-state index contributed by atoms with van der Waals surface area (Å²) < 4.78 is 34.6. The molecule has 2 heterocycles. The van der Waals surface area contributed by atoms with E-state index >= 15 is 0 Å². The van der Waals surface area contributed by atoms with Gasteiger partial charge in [-0.05, 0) is 63.8 Å². The summed E-state index contributed by atoms with van der Waals surface area (Å²) in [5, 5.41) is 0. The van der Waals surface area contributed by atoms with Gasteiger partial charge in [0.15, 0.2) is 0 Å². The summed E-state index contributed by atoms with van der Waals surface area (Å²) >= 11 is 0. The third-order valence-corrected chi connectivity index (χ3v) is 7.35. The lowest BCUT2D eigenvalue weighted by molar-refractivity contribution is -0.166. The van der Waals surface area contributed by atoms with E-state index in [9.17, 15) is 4.79 Å². The Morgan fingerprint density at radius 3 is 2.54 bits per heavy atom. The first-order valence-corrected chi connectivity index (χ1v) is 12.4. The number of carbonyl (C=O) groups excluding carboxylic acids is 1. The van der Waals surface area contributed by atoms with Crippen LogP contribution in [0.2, 0.25) is 0 Å². The summed E-state index contributed by atoms with van der Waals surface area (Å²) in [7, 11) is 3.32. The monoisotopic (exact) mass is 486 g/mol. The Kier molecular flexibility index (Phi) is 8.01. The van der Waals surface area contributed by atoms with Gasteiger partial charge < -0.3 is 28.4 Å². The molecule has 0 N–H and O–H groups in total. The maximum absolute atomic E-state index is 12.7. The fraction of sp³-hybridized carbons (Fsp3) is 0.607. The first-order chi connectivity index (χ1) is 16.8. The molecule has 3 aliphatic rings. The molecule has 6 atom stereocenters. The molecular weight excluding hydrogens is 448 g/mol. The fourth-order valence-corrected chi connectivity index (χ4v) is 5.34. The van der Waals surface area contributed by atoms with Crippen molar-refractivity contribution in [1.82, 2.24) is 0 Å². The third kappa shape index (κ3) is 5.97. The van der Waals surface area contributed by atoms with Crippen LogP contribution in [0.25, 0.3) is 6.08 Å². The zero-order valence-corrected chi connectivity index (χ0v) is 21.5. The van der Waals surface area contributed by atoms with Crippen molar-refractivity contribution in [3.63, 3.8) is 0 Å². The predicted octanol–water partition coefficient (Wildman–Crippen LogP) is 4.34. The highest BCUT2D eigenvalue weighted by atomic mass is 16.6. The molecule has 1 aliphatic carbocycles. The van der Waals surface area contributed by atoms with Gasteiger partial charge in [0.1, 0.15) is 35.8 Å². The van der Waals surface area contributed by atoms with Crippen molar-refractivity contribution in [2.45, 2.75) is 69.5 Å². The van der Waals surface area contributed by atoms with Crippen LogP contribution in [-0.2, 0) is 28.5 Å². The summed E-state index contributed by atoms with van der Waals surface area (Å²) in [6.45, 7) is 8.07. The van der Waals surface area contributed by atoms with Crippen LogP contribution in [-0.4, -0.2) is 69.5 Å². The molecule has 0 bridgehead atoms. The molecule has 2 aliphatic heterocycles. The minimum Gasteiger partial charge on any atom is -0.491 e. The Morgan fingerprint density at radius 1 is 1.17 bits per heavy atom. The number of methoxy groups -OCH3 is 2. The quantitative estimate of drug-likeness (QED) is 0.151. The lowest BCUT2D eigenvalue weighted by Gasteiger charge is -2.42. The average molecular weight is 487 g/mol. The Morgan fingerprint density at radius 2 is 1.91 bits per heavy atom. The number of hydrogen-bond donors (Lipinski definition) is 0. The molecule has 1 spiro atoms. The number of allylic oxidation sites excluding steroid dienone is 1. The van der Waals surface area contributed by atoms with Crippen molar-refractivity contribution in [1.29, 1.82) is 0 Å². The van der Waals surface area contributed by atoms with Crippen LogP contribution in [0.1, 0.15) is 45.6 Å². The standard InChI is InChI=1S/C28H38O7/c1-19(2)6-12-23-27(3,35-23)26-25(31-5)22(14-15-28(26)18-33-28)34-24(29)13-9-20-7-10-21(11-8-20)32-17-16-30-4/h6-11,13,22-23,25-26H,12,14-18H2,1-5H3/b13-9+/t22-,23?,25-,26?,27-,28+/m1/s1. The number of benzene rings is 1. The van der Waals surface area contributed by atoms with E-state index in [4.69, 9.17) is 28.4 Å². The third-order valence-electron chi connectivity index (χ3n) is 7.35. The number of rotatable bonds is 11. The minimum atomic E-state index is -0.383. The summed E-state index contributed by atoms with van der Waals surface area (Å²) in [4.78, 5) is 12.7. The highest BCUT2D eigenvalue weighted by Crippen LogP contribution is 2.59. The second-order valence-electron chi connectivity index (χ2n) is 10.1. The Hall–Kier alpha value is -2.19. The van der Waals surface area contributed by atoms with Gasteiger partial charge in [0, 0.05) is 20.3 Å². The molecule has 0 aromatic heterocycles. The Balaban J connectivity index is 1.37. The minimum absolute atomic E-state index is 0.0109. The van der Waals surface area contributed by atoms with Crippen molar-refractivity contribution in [2.75, 3.05) is 34.0 Å². The first kappa shape index (κ1) is 25.9. The van der Waals surface area contributed by atoms with Crippen molar-refractivity contribution >= 4 is 12.0 Å². The summed E-state index contributed by atoms with van der Waals surface area (Å²) in [5.41, 5.74) is 1.58. The molecule has 7 heteroatoms. The summed E-state index contributed by atoms with van der Waals surface area (Å²) in [6.07, 6.45) is 7.31. The van der Waals surface area contributed by atoms with Crippen molar-refractivity contribution in [3.05, 3.63) is 47.6 Å². The largest absolute Gasteiger partial charge is 0.491 e. The van der Waals surface area contributed by atoms with Crippen LogP contribution >= 0.6 is 0 Å². The zero-order valence-electron chi connectivity index (χ0n) is 21.5. The topological polar surface area (TPSA) is 79.1 Å². The van der Waals surface area contributed by atoms with Gasteiger partial charge in [0.05, 0.1) is 25.2 Å². The van der Waals surface area contributed by atoms with Crippen molar-refractivity contribution in [3.8, 4) is 5.75 Å². The molecule has 35 heavy (non-hydrogen) atoms. The van der Waals surface area contributed by atoms with Crippen molar-refractivity contribution in [2.24, 2.45) is 5.92 Å². The molecule has 1 aromatic carbocycles. The summed E-state index contributed by atoms with van der Waals surface area (Å²) in [5.74, 6) is 0.386. The molecule has 1 aromatic rings. The van der Waals surface area contributed by atoms with Crippen LogP contribution in [0.5, 0.6) is 5.75 Å². The number of epoxide rings is 2. The van der Waals surface area contributed by atoms with Crippen LogP contribution in [0.3, 0.4) is 0 Å². The second-order valence-corrected chi connectivity index (χ2v) is 10.1. The van der Waals surface area contributed by atoms with Gasteiger partial charge in [0.2, 0.25) is 0 Å². The van der Waals surface area contributed by atoms with Gasteiger partial charge in [-0.3, -0.25) is 0 Å². The zero-order chi connectivity index (χ0) is 25.1. The lowest BCUT2D eigenvalue weighted by Crippen LogP contribution is -2.55. The molecule has 1 saturated carbocycles. The molecule has 7 nitrogen and oxygen atoms in total. The average Bonchev–Trinajstić information content (AvgIpc) is 3.75. The second kappa shape index (κ2) is 10.8. The van der Waals surface area contributed by atoms with Crippen LogP contribution in [0.15, 0.2) is 42.0 Å². The predicted molar refractivity (Wildman–Crippen MR) is 132 cm³/mol. The molecule has 192 valence electrons. The van der Waals surface area contributed by atoms with E-state index in [1.54, 1.807) is 20.3 Å². The van der Waals surface area contributed by atoms with Gasteiger partial charge in [-0.25, -0.2) is 4.79 Å². The molecule has 2 unspecified atom stereocenters. The molecular formula is C28H38O7. The van der Waals surface area contributed by atoms with E-state index in [1.807, 2.05) is 24.3 Å². The maximum atomic E-state index is 12.7. The molecule has 3 fully saturated rings. The van der Waals surface area contributed by atoms with Gasteiger partial charge >= 0.3 is 5.97 Å². The molecule has 0 amide bonds. The number of esters is 1. The first-order valence-electron chi connectivity index (χ1n) is 12.4. The van der Waals surface area contributed by atoms with Gasteiger partial charge in [0.25, 0.3) is 0 Å². The normalized spacial score (nSPS) is 33.5. The van der Waals surface area contributed by atoms with Crippen LogP contribution in [0, 0.1) is 5.92 Å². The van der Waals surface area contributed by atoms with Gasteiger partial charge in [-0.15, -0.1) is 0 Å². The van der Waals surface area contributed by atoms with E-state index in [0.717, 1.165) is 24.2 Å². The molecule has 0 radical (unpaired) electrons. The SMILES string of the molecule is COCCOc1ccc(/C=C/C(=O)O[C@@H]2CC[C@]3(CO3)C([C@]3(C)OC3CC=C(C)C)[C@@H]2OC)cc1. The maximum Gasteiger partial charge on any atom is 0.331 e. The van der Waals surface area contributed by atoms with E-state index in [0.29, 0.717) is 26.2 Å². The summed E-state index contributed by atoms with van der Waals surface area (Å²) in [6, 6.07) is 7.52. The van der Waals surface area contributed by atoms with E-state index < -0.39 is 0 Å². The Labute approximate surface area is 208 Å². The van der Waals surface area contributed by atoms with Gasteiger partial charge in [-0.1, -0.05) is 23.8 Å². The fourth-order valence-electron chi connectivity index (χ4n) is 5.34.